The SMILES string of the molecule is C[C@H](Oc1ccc(F)c(F)c1)C(=O)NS(=O)(=O)c1cnn(C)c1. The smallest absolute Gasteiger partial charge is 0.274 e. The molecule has 2 aromatic rings. The fourth-order valence-electron chi connectivity index (χ4n) is 1.62. The molecular weight excluding hydrogens is 332 g/mol. The summed E-state index contributed by atoms with van der Waals surface area (Å²) < 4.78 is 58.0. The summed E-state index contributed by atoms with van der Waals surface area (Å²) >= 11 is 0. The number of aryl methyl sites for hydroxylation is 1. The van der Waals surface area contributed by atoms with Gasteiger partial charge in [-0.1, -0.05) is 0 Å². The quantitative estimate of drug-likeness (QED) is 0.872. The van der Waals surface area contributed by atoms with Gasteiger partial charge in [-0.2, -0.15) is 5.10 Å². The van der Waals surface area contributed by atoms with Gasteiger partial charge in [-0.05, 0) is 19.1 Å². The first-order valence-electron chi connectivity index (χ1n) is 6.36. The standard InChI is InChI=1S/C13H13F2N3O4S/c1-8(22-9-3-4-11(14)12(15)5-9)13(19)17-23(20,21)10-6-16-18(2)7-10/h3-8H,1-2H3,(H,17,19)/t8-/m0/s1. The van der Waals surface area contributed by atoms with Crippen LogP contribution < -0.4 is 9.46 Å². The van der Waals surface area contributed by atoms with Gasteiger partial charge in [0.05, 0.1) is 6.20 Å². The average Bonchev–Trinajstić information content (AvgIpc) is 2.90. The van der Waals surface area contributed by atoms with Gasteiger partial charge in [0.15, 0.2) is 17.7 Å². The molecule has 2 rings (SSSR count). The number of benzene rings is 1. The van der Waals surface area contributed by atoms with E-state index < -0.39 is 33.7 Å². The minimum atomic E-state index is -4.09. The Hall–Kier alpha value is -2.49. The number of nitrogens with zero attached hydrogens (tertiary/aromatic N) is 2. The average molecular weight is 345 g/mol. The summed E-state index contributed by atoms with van der Waals surface area (Å²) in [4.78, 5) is 11.7. The summed E-state index contributed by atoms with van der Waals surface area (Å²) in [5.41, 5.74) is 0. The van der Waals surface area contributed by atoms with Crippen molar-refractivity contribution in [1.29, 1.82) is 0 Å². The molecule has 10 heteroatoms. The third kappa shape index (κ3) is 4.03. The van der Waals surface area contributed by atoms with Crippen LogP contribution in [0.25, 0.3) is 0 Å². The highest BCUT2D eigenvalue weighted by molar-refractivity contribution is 7.90. The molecule has 0 spiro atoms. The van der Waals surface area contributed by atoms with Crippen LogP contribution in [0.1, 0.15) is 6.92 Å². The fourth-order valence-corrected chi connectivity index (χ4v) is 2.65. The molecule has 0 saturated carbocycles. The number of ether oxygens (including phenoxy) is 1. The van der Waals surface area contributed by atoms with E-state index in [1.54, 1.807) is 0 Å². The fraction of sp³-hybridized carbons (Fsp3) is 0.231. The molecule has 0 saturated heterocycles. The highest BCUT2D eigenvalue weighted by Gasteiger charge is 2.24. The Morgan fingerprint density at radius 2 is 2.04 bits per heavy atom. The molecule has 1 atom stereocenters. The number of carbonyl (C=O) groups excluding carboxylic acids is 1. The van der Waals surface area contributed by atoms with E-state index in [2.05, 4.69) is 5.10 Å². The highest BCUT2D eigenvalue weighted by Crippen LogP contribution is 2.17. The molecule has 124 valence electrons. The lowest BCUT2D eigenvalue weighted by atomic mass is 10.3. The number of carbonyl (C=O) groups is 1. The van der Waals surface area contributed by atoms with Crippen molar-refractivity contribution in [3.63, 3.8) is 0 Å². The Bertz CT molecular complexity index is 835. The van der Waals surface area contributed by atoms with E-state index in [1.165, 1.54) is 24.9 Å². The number of halogens is 2. The summed E-state index contributed by atoms with van der Waals surface area (Å²) in [6, 6.07) is 2.72. The van der Waals surface area contributed by atoms with Crippen molar-refractivity contribution in [3.05, 3.63) is 42.2 Å². The molecule has 1 aromatic carbocycles. The van der Waals surface area contributed by atoms with Crippen molar-refractivity contribution in [2.75, 3.05) is 0 Å². The van der Waals surface area contributed by atoms with E-state index in [9.17, 15) is 22.0 Å². The van der Waals surface area contributed by atoms with Gasteiger partial charge in [-0.15, -0.1) is 0 Å². The van der Waals surface area contributed by atoms with Gasteiger partial charge in [-0.3, -0.25) is 9.48 Å². The zero-order chi connectivity index (χ0) is 17.2. The maximum atomic E-state index is 13.1. The van der Waals surface area contributed by atoms with E-state index in [0.717, 1.165) is 24.4 Å². The molecule has 0 aliphatic carbocycles. The molecule has 0 bridgehead atoms. The molecule has 0 unspecified atom stereocenters. The Kier molecular flexibility index (Phi) is 4.64. The minimum Gasteiger partial charge on any atom is -0.481 e. The van der Waals surface area contributed by atoms with Crippen LogP contribution in [0.15, 0.2) is 35.5 Å². The van der Waals surface area contributed by atoms with E-state index in [-0.39, 0.29) is 10.6 Å². The second-order valence-corrected chi connectivity index (χ2v) is 6.34. The second-order valence-electron chi connectivity index (χ2n) is 4.66. The first-order chi connectivity index (χ1) is 10.7. The third-order valence-corrected chi connectivity index (χ3v) is 4.10. The number of hydrogen-bond acceptors (Lipinski definition) is 5. The Morgan fingerprint density at radius 3 is 2.61 bits per heavy atom. The van der Waals surface area contributed by atoms with Crippen molar-refractivity contribution < 1.29 is 26.7 Å². The van der Waals surface area contributed by atoms with Crippen LogP contribution in [0.4, 0.5) is 8.78 Å². The topological polar surface area (TPSA) is 90.3 Å². The lowest BCUT2D eigenvalue weighted by molar-refractivity contribution is -0.125. The lowest BCUT2D eigenvalue weighted by Gasteiger charge is -2.14. The van der Waals surface area contributed by atoms with Gasteiger partial charge in [0.25, 0.3) is 15.9 Å². The van der Waals surface area contributed by atoms with Crippen molar-refractivity contribution in [2.24, 2.45) is 7.05 Å². The predicted octanol–water partition coefficient (Wildman–Crippen LogP) is 0.971. The maximum absolute atomic E-state index is 13.1. The summed E-state index contributed by atoms with van der Waals surface area (Å²) in [6.45, 7) is 1.27. The largest absolute Gasteiger partial charge is 0.481 e. The Morgan fingerprint density at radius 1 is 1.35 bits per heavy atom. The molecule has 0 radical (unpaired) electrons. The summed E-state index contributed by atoms with van der Waals surface area (Å²) in [7, 11) is -2.56. The molecule has 7 nitrogen and oxygen atoms in total. The third-order valence-electron chi connectivity index (χ3n) is 2.80. The number of sulfonamides is 1. The van der Waals surface area contributed by atoms with Gasteiger partial charge in [0, 0.05) is 19.3 Å². The minimum absolute atomic E-state index is 0.106. The molecule has 0 aliphatic heterocycles. The zero-order valence-electron chi connectivity index (χ0n) is 12.2. The van der Waals surface area contributed by atoms with Crippen LogP contribution in [0.5, 0.6) is 5.75 Å². The number of nitrogens with one attached hydrogen (secondary N) is 1. The van der Waals surface area contributed by atoms with E-state index in [0.29, 0.717) is 0 Å². The molecular formula is C13H13F2N3O4S. The monoisotopic (exact) mass is 345 g/mol. The number of rotatable bonds is 5. The van der Waals surface area contributed by atoms with Crippen molar-refractivity contribution in [2.45, 2.75) is 17.9 Å². The van der Waals surface area contributed by atoms with Crippen LogP contribution in [-0.2, 0) is 21.9 Å². The van der Waals surface area contributed by atoms with Crippen LogP contribution in [-0.4, -0.2) is 30.2 Å². The Balaban J connectivity index is 2.06. The van der Waals surface area contributed by atoms with E-state index in [4.69, 9.17) is 4.74 Å². The molecule has 1 N–H and O–H groups in total. The summed E-state index contributed by atoms with van der Waals surface area (Å²) in [5.74, 6) is -3.27. The first kappa shape index (κ1) is 16.9. The van der Waals surface area contributed by atoms with Crippen molar-refractivity contribution in [3.8, 4) is 5.75 Å². The van der Waals surface area contributed by atoms with Crippen molar-refractivity contribution >= 4 is 15.9 Å². The van der Waals surface area contributed by atoms with E-state index >= 15 is 0 Å². The molecule has 0 aliphatic rings. The van der Waals surface area contributed by atoms with Gasteiger partial charge < -0.3 is 4.74 Å². The maximum Gasteiger partial charge on any atom is 0.274 e. The Labute approximate surface area is 130 Å². The van der Waals surface area contributed by atoms with Crippen LogP contribution in [0.2, 0.25) is 0 Å². The van der Waals surface area contributed by atoms with Gasteiger partial charge in [0.2, 0.25) is 0 Å². The van der Waals surface area contributed by atoms with Crippen molar-refractivity contribution in [1.82, 2.24) is 14.5 Å². The van der Waals surface area contributed by atoms with Gasteiger partial charge in [-0.25, -0.2) is 21.9 Å². The number of aromatic nitrogens is 2. The van der Waals surface area contributed by atoms with Gasteiger partial charge in [0.1, 0.15) is 10.6 Å². The van der Waals surface area contributed by atoms with E-state index in [1.807, 2.05) is 4.72 Å². The summed E-state index contributed by atoms with van der Waals surface area (Å²) in [5, 5.41) is 3.70. The predicted molar refractivity (Wildman–Crippen MR) is 75.0 cm³/mol. The molecule has 1 aromatic heterocycles. The van der Waals surface area contributed by atoms with Crippen LogP contribution in [0.3, 0.4) is 0 Å². The highest BCUT2D eigenvalue weighted by atomic mass is 32.2. The normalized spacial score (nSPS) is 12.7. The zero-order valence-corrected chi connectivity index (χ0v) is 13.0. The first-order valence-corrected chi connectivity index (χ1v) is 7.84. The number of amides is 1. The van der Waals surface area contributed by atoms with Crippen LogP contribution in [0, 0.1) is 11.6 Å². The molecule has 0 fully saturated rings. The lowest BCUT2D eigenvalue weighted by Crippen LogP contribution is -2.39. The number of hydrogen-bond donors (Lipinski definition) is 1. The second kappa shape index (κ2) is 6.32. The summed E-state index contributed by atoms with van der Waals surface area (Å²) in [6.07, 6.45) is 1.05. The molecule has 23 heavy (non-hydrogen) atoms. The molecule has 1 amide bonds. The van der Waals surface area contributed by atoms with Crippen LogP contribution >= 0.6 is 0 Å². The molecule has 1 heterocycles. The van der Waals surface area contributed by atoms with Gasteiger partial charge >= 0.3 is 0 Å².